The number of nitrogens with one attached hydrogen (secondary N) is 1. The van der Waals surface area contributed by atoms with Gasteiger partial charge in [0.2, 0.25) is 0 Å². The lowest BCUT2D eigenvalue weighted by Crippen LogP contribution is -2.42. The molecule has 0 aliphatic rings. The maximum absolute atomic E-state index is 12.2. The molecule has 1 heterocycles. The molecule has 0 amide bonds. The van der Waals surface area contributed by atoms with Gasteiger partial charge in [-0.25, -0.2) is 0 Å². The summed E-state index contributed by atoms with van der Waals surface area (Å²) in [6, 6.07) is 3.12. The number of carbonyl (C=O) groups excluding carboxylic acids is 1. The van der Waals surface area contributed by atoms with Gasteiger partial charge in [0.25, 0.3) is 0 Å². The second kappa shape index (κ2) is 7.40. The third-order valence-corrected chi connectivity index (χ3v) is 4.61. The quantitative estimate of drug-likeness (QED) is 0.643. The SMILES string of the molecule is COC(=O)C[C@H](N[S+]([O-])C(C)(C)C)c1cc(Br)ccn1. The number of pyridine rings is 1. The Morgan fingerprint density at radius 1 is 1.60 bits per heavy atom. The normalized spacial score (nSPS) is 14.7. The molecule has 0 saturated heterocycles. The number of rotatable bonds is 5. The highest BCUT2D eigenvalue weighted by molar-refractivity contribution is 9.10. The molecule has 2 atom stereocenters. The van der Waals surface area contributed by atoms with Crippen LogP contribution in [0.3, 0.4) is 0 Å². The van der Waals surface area contributed by atoms with Crippen LogP contribution in [0.25, 0.3) is 0 Å². The van der Waals surface area contributed by atoms with E-state index in [1.54, 1.807) is 18.3 Å². The molecule has 0 aromatic carbocycles. The van der Waals surface area contributed by atoms with Crippen molar-refractivity contribution in [3.63, 3.8) is 0 Å². The third kappa shape index (κ3) is 5.40. The highest BCUT2D eigenvalue weighted by Gasteiger charge is 2.31. The van der Waals surface area contributed by atoms with E-state index in [1.807, 2.05) is 20.8 Å². The van der Waals surface area contributed by atoms with Crippen molar-refractivity contribution in [1.82, 2.24) is 9.71 Å². The topological polar surface area (TPSA) is 74.3 Å². The molecule has 0 aliphatic heterocycles. The second-order valence-corrected chi connectivity index (χ2v) is 8.14. The van der Waals surface area contributed by atoms with Gasteiger partial charge in [0.1, 0.15) is 10.8 Å². The molecule has 1 unspecified atom stereocenters. The number of nitrogens with zero attached hydrogens (tertiary/aromatic N) is 1. The van der Waals surface area contributed by atoms with Crippen LogP contribution in [-0.2, 0) is 20.9 Å². The lowest BCUT2D eigenvalue weighted by atomic mass is 10.1. The Hall–Kier alpha value is -0.630. The summed E-state index contributed by atoms with van der Waals surface area (Å²) in [5.74, 6) is -0.379. The molecule has 0 spiro atoms. The minimum absolute atomic E-state index is 0.0712. The Balaban J connectivity index is 2.94. The predicted octanol–water partition coefficient (Wildman–Crippen LogP) is 2.50. The fraction of sp³-hybridized carbons (Fsp3) is 0.538. The van der Waals surface area contributed by atoms with Crippen molar-refractivity contribution in [3.8, 4) is 0 Å². The zero-order valence-corrected chi connectivity index (χ0v) is 14.4. The average molecular weight is 363 g/mol. The van der Waals surface area contributed by atoms with Crippen molar-refractivity contribution < 1.29 is 14.1 Å². The number of aromatic nitrogens is 1. The molecular weight excluding hydrogens is 344 g/mol. The molecule has 1 N–H and O–H groups in total. The van der Waals surface area contributed by atoms with Crippen molar-refractivity contribution in [2.24, 2.45) is 0 Å². The molecule has 1 aromatic rings. The number of halogens is 1. The maximum atomic E-state index is 12.2. The molecule has 1 aromatic heterocycles. The van der Waals surface area contributed by atoms with Crippen molar-refractivity contribution >= 4 is 33.3 Å². The van der Waals surface area contributed by atoms with Gasteiger partial charge in [-0.15, -0.1) is 4.72 Å². The maximum Gasteiger partial charge on any atom is 0.307 e. The molecule has 112 valence electrons. The molecule has 7 heteroatoms. The Morgan fingerprint density at radius 2 is 2.25 bits per heavy atom. The molecule has 1 rings (SSSR count). The van der Waals surface area contributed by atoms with Gasteiger partial charge in [-0.1, -0.05) is 15.9 Å². The molecule has 0 bridgehead atoms. The minimum atomic E-state index is -1.31. The van der Waals surface area contributed by atoms with Gasteiger partial charge >= 0.3 is 5.97 Å². The van der Waals surface area contributed by atoms with Crippen molar-refractivity contribution in [3.05, 3.63) is 28.5 Å². The summed E-state index contributed by atoms with van der Waals surface area (Å²) in [4.78, 5) is 15.7. The predicted molar refractivity (Wildman–Crippen MR) is 82.3 cm³/mol. The van der Waals surface area contributed by atoms with Gasteiger partial charge < -0.3 is 9.29 Å². The number of carbonyl (C=O) groups is 1. The largest absolute Gasteiger partial charge is 0.598 e. The number of esters is 1. The Bertz CT molecular complexity index is 465. The zero-order chi connectivity index (χ0) is 15.3. The van der Waals surface area contributed by atoms with Crippen LogP contribution in [0.4, 0.5) is 0 Å². The summed E-state index contributed by atoms with van der Waals surface area (Å²) in [5.41, 5.74) is 0.641. The van der Waals surface area contributed by atoms with E-state index in [9.17, 15) is 9.35 Å². The molecular formula is C13H19BrN2O3S. The first kappa shape index (κ1) is 17.4. The fourth-order valence-electron chi connectivity index (χ4n) is 1.37. The monoisotopic (exact) mass is 362 g/mol. The smallest absolute Gasteiger partial charge is 0.307 e. The van der Waals surface area contributed by atoms with Gasteiger partial charge in [0.15, 0.2) is 0 Å². The summed E-state index contributed by atoms with van der Waals surface area (Å²) in [6.45, 7) is 5.58. The molecule has 0 saturated carbocycles. The van der Waals surface area contributed by atoms with Crippen molar-refractivity contribution in [2.45, 2.75) is 38.0 Å². The van der Waals surface area contributed by atoms with Gasteiger partial charge in [-0.2, -0.15) is 0 Å². The summed E-state index contributed by atoms with van der Waals surface area (Å²) >= 11 is 2.05. The van der Waals surface area contributed by atoms with E-state index in [1.165, 1.54) is 7.11 Å². The van der Waals surface area contributed by atoms with Crippen molar-refractivity contribution in [2.75, 3.05) is 7.11 Å². The van der Waals surface area contributed by atoms with E-state index in [2.05, 4.69) is 30.4 Å². The Labute approximate surface area is 130 Å². The van der Waals surface area contributed by atoms with Crippen LogP contribution in [0, 0.1) is 0 Å². The summed E-state index contributed by atoms with van der Waals surface area (Å²) in [5, 5.41) is 0. The van der Waals surface area contributed by atoms with Crippen LogP contribution in [0.15, 0.2) is 22.8 Å². The van der Waals surface area contributed by atoms with E-state index in [-0.39, 0.29) is 12.4 Å². The molecule has 0 fully saturated rings. The number of hydrogen-bond acceptors (Lipinski definition) is 5. The van der Waals surface area contributed by atoms with Crippen LogP contribution in [-0.4, -0.2) is 27.4 Å². The first-order chi connectivity index (χ1) is 9.24. The van der Waals surface area contributed by atoms with Crippen LogP contribution >= 0.6 is 15.9 Å². The summed E-state index contributed by atoms with van der Waals surface area (Å²) < 4.78 is 20.3. The third-order valence-electron chi connectivity index (χ3n) is 2.50. The zero-order valence-electron chi connectivity index (χ0n) is 12.0. The van der Waals surface area contributed by atoms with Gasteiger partial charge in [-0.3, -0.25) is 9.78 Å². The summed E-state index contributed by atoms with van der Waals surface area (Å²) in [7, 11) is 1.33. The molecule has 20 heavy (non-hydrogen) atoms. The highest BCUT2D eigenvalue weighted by atomic mass is 79.9. The van der Waals surface area contributed by atoms with Crippen molar-refractivity contribution in [1.29, 1.82) is 0 Å². The Morgan fingerprint density at radius 3 is 2.75 bits per heavy atom. The number of methoxy groups -OCH3 is 1. The van der Waals surface area contributed by atoms with E-state index in [0.29, 0.717) is 5.69 Å². The van der Waals surface area contributed by atoms with Crippen LogP contribution in [0.2, 0.25) is 0 Å². The van der Waals surface area contributed by atoms with Crippen LogP contribution in [0.5, 0.6) is 0 Å². The average Bonchev–Trinajstić information content (AvgIpc) is 2.36. The lowest BCUT2D eigenvalue weighted by molar-refractivity contribution is -0.141. The number of ether oxygens (including phenoxy) is 1. The van der Waals surface area contributed by atoms with Gasteiger partial charge in [0.05, 0.1) is 19.2 Å². The lowest BCUT2D eigenvalue weighted by Gasteiger charge is -2.27. The number of hydrogen-bond donors (Lipinski definition) is 1. The van der Waals surface area contributed by atoms with E-state index < -0.39 is 22.2 Å². The minimum Gasteiger partial charge on any atom is -0.598 e. The first-order valence-corrected chi connectivity index (χ1v) is 8.04. The molecule has 0 aliphatic carbocycles. The van der Waals surface area contributed by atoms with Gasteiger partial charge in [-0.05, 0) is 32.9 Å². The Kier molecular flexibility index (Phi) is 6.44. The highest BCUT2D eigenvalue weighted by Crippen LogP contribution is 2.23. The second-order valence-electron chi connectivity index (χ2n) is 5.23. The van der Waals surface area contributed by atoms with Crippen LogP contribution < -0.4 is 4.72 Å². The fourth-order valence-corrected chi connectivity index (χ4v) is 2.54. The van der Waals surface area contributed by atoms with E-state index in [4.69, 9.17) is 0 Å². The molecule has 0 radical (unpaired) electrons. The van der Waals surface area contributed by atoms with E-state index in [0.717, 1.165) is 4.47 Å². The molecule has 5 nitrogen and oxygen atoms in total. The van der Waals surface area contributed by atoms with Crippen LogP contribution in [0.1, 0.15) is 38.9 Å². The standard InChI is InChI=1S/C13H19BrN2O3S/c1-13(2,3)20(18)16-11(8-12(17)19-4)10-7-9(14)5-6-15-10/h5-7,11,16H,8H2,1-4H3/t11-,20?/m0/s1. The van der Waals surface area contributed by atoms with E-state index >= 15 is 0 Å². The summed E-state index contributed by atoms with van der Waals surface area (Å²) in [6.07, 6.45) is 1.70. The first-order valence-electron chi connectivity index (χ1n) is 6.10. The van der Waals surface area contributed by atoms with Gasteiger partial charge in [0, 0.05) is 22.0 Å².